The van der Waals surface area contributed by atoms with E-state index in [1.54, 1.807) is 0 Å². The number of para-hydroxylation sites is 1. The number of rotatable bonds is 6. The van der Waals surface area contributed by atoms with Crippen LogP contribution >= 0.6 is 0 Å². The van der Waals surface area contributed by atoms with Crippen molar-refractivity contribution in [1.82, 2.24) is 4.57 Å². The van der Waals surface area contributed by atoms with E-state index in [1.807, 2.05) is 6.07 Å². The fourth-order valence-corrected chi connectivity index (χ4v) is 11.5. The highest BCUT2D eigenvalue weighted by atomic mass is 15.1. The lowest BCUT2D eigenvalue weighted by atomic mass is 9.82. The van der Waals surface area contributed by atoms with Gasteiger partial charge in [0.05, 0.1) is 22.7 Å². The van der Waals surface area contributed by atoms with E-state index in [0.717, 1.165) is 29.9 Å². The minimum atomic E-state index is -0.289. The molecule has 0 unspecified atom stereocenters. The number of hydrogen-bond acceptors (Lipinski definition) is 2. The molecule has 0 amide bonds. The summed E-state index contributed by atoms with van der Waals surface area (Å²) in [6, 6.07) is 73.8. The number of anilines is 3. The molecule has 0 saturated heterocycles. The van der Waals surface area contributed by atoms with E-state index >= 15 is 0 Å². The van der Waals surface area contributed by atoms with Gasteiger partial charge in [-0.3, -0.25) is 0 Å². The number of nitrogens with zero attached hydrogens (tertiary/aromatic N) is 3. The van der Waals surface area contributed by atoms with Crippen molar-refractivity contribution in [3.05, 3.63) is 229 Å². The van der Waals surface area contributed by atoms with Gasteiger partial charge in [-0.15, -0.1) is 0 Å². The monoisotopic (exact) mass is 855 g/mol. The molecule has 0 aliphatic heterocycles. The van der Waals surface area contributed by atoms with Crippen molar-refractivity contribution in [2.24, 2.45) is 0 Å². The molecule has 13 rings (SSSR count). The number of hydrogen-bond donors (Lipinski definition) is 0. The van der Waals surface area contributed by atoms with E-state index in [0.29, 0.717) is 5.56 Å². The standard InChI is InChI=1S/C64H45N3/c1-64(2)58-37-41(40-65)27-34-49(58)50-35-32-47(39-59(50)64)66(46-33-36-61-57(38-46)51-20-12-13-26-60(51)67(61)44-17-4-3-5-18-44)45-30-28-43(29-31-45)62-53-21-8-10-23-55(53)63(56-24-11-9-22-54(56)62)52-25-14-16-42-15-6-7-19-48(42)52/h3-4,6-17,19-39H,5,18H2,1-2H3. The van der Waals surface area contributed by atoms with Crippen LogP contribution in [-0.4, -0.2) is 4.57 Å². The summed E-state index contributed by atoms with van der Waals surface area (Å²) in [5.41, 5.74) is 17.2. The van der Waals surface area contributed by atoms with Gasteiger partial charge < -0.3 is 9.47 Å². The molecule has 0 bridgehead atoms. The van der Waals surface area contributed by atoms with Gasteiger partial charge in [0.25, 0.3) is 0 Å². The van der Waals surface area contributed by atoms with Crippen LogP contribution in [0, 0.1) is 11.3 Å². The smallest absolute Gasteiger partial charge is 0.0991 e. The molecular formula is C64H45N3. The molecule has 1 heterocycles. The lowest BCUT2D eigenvalue weighted by Crippen LogP contribution is -2.16. The van der Waals surface area contributed by atoms with Crippen LogP contribution in [0.2, 0.25) is 0 Å². The first kappa shape index (κ1) is 39.0. The van der Waals surface area contributed by atoms with Crippen molar-refractivity contribution in [2.75, 3.05) is 4.90 Å². The van der Waals surface area contributed by atoms with Gasteiger partial charge in [-0.1, -0.05) is 159 Å². The van der Waals surface area contributed by atoms with Crippen LogP contribution < -0.4 is 4.90 Å². The van der Waals surface area contributed by atoms with Crippen LogP contribution in [0.5, 0.6) is 0 Å². The molecular weight excluding hydrogens is 811 g/mol. The van der Waals surface area contributed by atoms with Gasteiger partial charge in [0.2, 0.25) is 0 Å². The summed E-state index contributed by atoms with van der Waals surface area (Å²) >= 11 is 0. The second-order valence-electron chi connectivity index (χ2n) is 18.7. The summed E-state index contributed by atoms with van der Waals surface area (Å²) in [5.74, 6) is 0. The van der Waals surface area contributed by atoms with Gasteiger partial charge in [-0.2, -0.15) is 5.26 Å². The molecule has 10 aromatic carbocycles. The Morgan fingerprint density at radius 3 is 1.79 bits per heavy atom. The molecule has 0 saturated carbocycles. The molecule has 3 nitrogen and oxygen atoms in total. The Morgan fingerprint density at radius 1 is 0.493 bits per heavy atom. The zero-order chi connectivity index (χ0) is 44.8. The summed E-state index contributed by atoms with van der Waals surface area (Å²) in [4.78, 5) is 2.43. The Kier molecular flexibility index (Phi) is 8.76. The Morgan fingerprint density at radius 2 is 1.07 bits per heavy atom. The molecule has 11 aromatic rings. The van der Waals surface area contributed by atoms with Gasteiger partial charge in [-0.05, 0) is 156 Å². The topological polar surface area (TPSA) is 32.0 Å². The number of allylic oxidation sites excluding steroid dienone is 4. The van der Waals surface area contributed by atoms with Crippen LogP contribution in [0.4, 0.5) is 17.1 Å². The molecule has 0 N–H and O–H groups in total. The fraction of sp³-hybridized carbons (Fsp3) is 0.0781. The summed E-state index contributed by atoms with van der Waals surface area (Å²) in [6.45, 7) is 4.58. The molecule has 2 aliphatic rings. The molecule has 0 fully saturated rings. The first-order chi connectivity index (χ1) is 33.0. The fourth-order valence-electron chi connectivity index (χ4n) is 11.5. The van der Waals surface area contributed by atoms with E-state index in [9.17, 15) is 5.26 Å². The zero-order valence-corrected chi connectivity index (χ0v) is 37.5. The summed E-state index contributed by atoms with van der Waals surface area (Å²) in [6.07, 6.45) is 8.76. The van der Waals surface area contributed by atoms with E-state index in [-0.39, 0.29) is 5.41 Å². The van der Waals surface area contributed by atoms with Gasteiger partial charge in [0, 0.05) is 38.9 Å². The van der Waals surface area contributed by atoms with E-state index in [4.69, 9.17) is 0 Å². The third-order valence-corrected chi connectivity index (χ3v) is 14.6. The van der Waals surface area contributed by atoms with Crippen LogP contribution in [0.25, 0.3) is 93.2 Å². The van der Waals surface area contributed by atoms with Gasteiger partial charge >= 0.3 is 0 Å². The third-order valence-electron chi connectivity index (χ3n) is 14.6. The van der Waals surface area contributed by atoms with Crippen molar-refractivity contribution >= 4 is 76.9 Å². The molecule has 0 spiro atoms. The third kappa shape index (κ3) is 5.96. The lowest BCUT2D eigenvalue weighted by Gasteiger charge is -2.28. The van der Waals surface area contributed by atoms with Gasteiger partial charge in [-0.25, -0.2) is 0 Å². The SMILES string of the molecule is CC1(C)c2cc(C#N)ccc2-c2ccc(N(c3ccc(-c4c5ccccc5c(-c5cccc6ccccc56)c5ccccc45)cc3)c3ccc4c(c3)c3ccccc3n4C3=CC=CCC3)cc21. The second-order valence-corrected chi connectivity index (χ2v) is 18.7. The molecule has 1 aromatic heterocycles. The van der Waals surface area contributed by atoms with E-state index < -0.39 is 0 Å². The number of nitriles is 1. The molecule has 0 radical (unpaired) electrons. The van der Waals surface area contributed by atoms with Crippen LogP contribution in [0.15, 0.2) is 212 Å². The Balaban J connectivity index is 1.01. The number of benzene rings is 10. The van der Waals surface area contributed by atoms with Crippen molar-refractivity contribution in [3.63, 3.8) is 0 Å². The minimum absolute atomic E-state index is 0.289. The van der Waals surface area contributed by atoms with Crippen molar-refractivity contribution in [2.45, 2.75) is 32.1 Å². The average molecular weight is 856 g/mol. The number of aromatic nitrogens is 1. The number of fused-ring (bicyclic) bond motifs is 9. The predicted molar refractivity (Wildman–Crippen MR) is 282 cm³/mol. The molecule has 2 aliphatic carbocycles. The highest BCUT2D eigenvalue weighted by Gasteiger charge is 2.36. The van der Waals surface area contributed by atoms with Crippen LogP contribution in [-0.2, 0) is 5.41 Å². The highest BCUT2D eigenvalue weighted by molar-refractivity contribution is 6.23. The second kappa shape index (κ2) is 15.1. The largest absolute Gasteiger partial charge is 0.313 e. The molecule has 67 heavy (non-hydrogen) atoms. The lowest BCUT2D eigenvalue weighted by molar-refractivity contribution is 0.660. The zero-order valence-electron chi connectivity index (χ0n) is 37.5. The summed E-state index contributed by atoms with van der Waals surface area (Å²) < 4.78 is 2.46. The Bertz CT molecular complexity index is 3900. The maximum Gasteiger partial charge on any atom is 0.0991 e. The van der Waals surface area contributed by atoms with Gasteiger partial charge in [0.1, 0.15) is 0 Å². The highest BCUT2D eigenvalue weighted by Crippen LogP contribution is 2.52. The summed E-state index contributed by atoms with van der Waals surface area (Å²) in [5, 5.41) is 19.8. The molecule has 0 atom stereocenters. The van der Waals surface area contributed by atoms with E-state index in [1.165, 1.54) is 104 Å². The van der Waals surface area contributed by atoms with Crippen molar-refractivity contribution in [1.29, 1.82) is 5.26 Å². The first-order valence-corrected chi connectivity index (χ1v) is 23.4. The first-order valence-electron chi connectivity index (χ1n) is 23.4. The van der Waals surface area contributed by atoms with Crippen molar-refractivity contribution < 1.29 is 0 Å². The minimum Gasteiger partial charge on any atom is -0.313 e. The molecule has 316 valence electrons. The van der Waals surface area contributed by atoms with Crippen LogP contribution in [0.1, 0.15) is 43.4 Å². The Labute approximate surface area is 390 Å². The quantitative estimate of drug-likeness (QED) is 0.156. The maximum atomic E-state index is 9.87. The predicted octanol–water partition coefficient (Wildman–Crippen LogP) is 17.4. The normalized spacial score (nSPS) is 13.8. The summed E-state index contributed by atoms with van der Waals surface area (Å²) in [7, 11) is 0. The maximum absolute atomic E-state index is 9.87. The average Bonchev–Trinajstić information content (AvgIpc) is 3.83. The van der Waals surface area contributed by atoms with Gasteiger partial charge in [0.15, 0.2) is 0 Å². The van der Waals surface area contributed by atoms with Crippen molar-refractivity contribution in [3.8, 4) is 39.4 Å². The Hall–Kier alpha value is -8.45. The van der Waals surface area contributed by atoms with E-state index in [2.05, 4.69) is 236 Å². The molecule has 3 heteroatoms. The van der Waals surface area contributed by atoms with Crippen LogP contribution in [0.3, 0.4) is 0 Å².